The van der Waals surface area contributed by atoms with Crippen LogP contribution in [0.3, 0.4) is 0 Å². The predicted molar refractivity (Wildman–Crippen MR) is 95.2 cm³/mol. The Morgan fingerprint density at radius 1 is 1.24 bits per heavy atom. The molecule has 2 N–H and O–H groups in total. The van der Waals surface area contributed by atoms with Crippen LogP contribution in [0.4, 0.5) is 0 Å². The van der Waals surface area contributed by atoms with E-state index in [1.165, 1.54) is 5.56 Å². The average molecular weight is 338 g/mol. The van der Waals surface area contributed by atoms with Gasteiger partial charge in [0.2, 0.25) is 0 Å². The van der Waals surface area contributed by atoms with E-state index in [-0.39, 0.29) is 5.91 Å². The Morgan fingerprint density at radius 2 is 2.00 bits per heavy atom. The Balaban J connectivity index is 1.56. The van der Waals surface area contributed by atoms with Crippen molar-refractivity contribution in [3.63, 3.8) is 0 Å². The van der Waals surface area contributed by atoms with Crippen LogP contribution in [0.5, 0.6) is 0 Å². The first-order valence-corrected chi connectivity index (χ1v) is 8.37. The zero-order valence-corrected chi connectivity index (χ0v) is 14.7. The number of aryl methyl sites for hydroxylation is 2. The highest BCUT2D eigenvalue weighted by Crippen LogP contribution is 2.15. The topological polar surface area (TPSA) is 88.5 Å². The molecule has 25 heavy (non-hydrogen) atoms. The predicted octanol–water partition coefficient (Wildman–Crippen LogP) is 2.28. The summed E-state index contributed by atoms with van der Waals surface area (Å²) in [6.07, 6.45) is 2.20. The van der Waals surface area contributed by atoms with Gasteiger partial charge in [-0.25, -0.2) is 4.98 Å². The second-order valence-electron chi connectivity index (χ2n) is 5.94. The summed E-state index contributed by atoms with van der Waals surface area (Å²) in [7, 11) is 0. The molecule has 1 aromatic carbocycles. The molecule has 3 rings (SSSR count). The molecule has 0 bridgehead atoms. The monoisotopic (exact) mass is 338 g/mol. The lowest BCUT2D eigenvalue weighted by molar-refractivity contribution is 0.0953. The molecule has 0 spiro atoms. The van der Waals surface area contributed by atoms with E-state index in [1.54, 1.807) is 10.9 Å². The van der Waals surface area contributed by atoms with E-state index in [1.807, 2.05) is 45.0 Å². The number of hydrogen-bond donors (Lipinski definition) is 2. The molecule has 0 aliphatic rings. The van der Waals surface area contributed by atoms with Crippen molar-refractivity contribution in [3.8, 4) is 11.4 Å². The maximum absolute atomic E-state index is 12.2. The van der Waals surface area contributed by atoms with Crippen molar-refractivity contribution in [2.45, 2.75) is 33.7 Å². The first kappa shape index (κ1) is 16.9. The number of amides is 1. The van der Waals surface area contributed by atoms with Crippen LogP contribution in [-0.4, -0.2) is 37.4 Å². The third-order valence-electron chi connectivity index (χ3n) is 4.14. The lowest BCUT2D eigenvalue weighted by Gasteiger charge is -2.04. The van der Waals surface area contributed by atoms with Gasteiger partial charge >= 0.3 is 0 Å². The number of rotatable bonds is 6. The van der Waals surface area contributed by atoms with Gasteiger partial charge in [-0.15, -0.1) is 0 Å². The summed E-state index contributed by atoms with van der Waals surface area (Å²) < 4.78 is 1.80. The number of benzene rings is 1. The van der Waals surface area contributed by atoms with Crippen LogP contribution in [0.1, 0.15) is 34.4 Å². The molecule has 0 aliphatic heterocycles. The van der Waals surface area contributed by atoms with E-state index in [9.17, 15) is 4.79 Å². The summed E-state index contributed by atoms with van der Waals surface area (Å²) in [4.78, 5) is 16.7. The quantitative estimate of drug-likeness (QED) is 0.722. The van der Waals surface area contributed by atoms with Crippen LogP contribution in [0.2, 0.25) is 0 Å². The van der Waals surface area contributed by atoms with Gasteiger partial charge in [-0.05, 0) is 20.8 Å². The molecule has 0 unspecified atom stereocenters. The molecule has 2 heterocycles. The molecule has 130 valence electrons. The van der Waals surface area contributed by atoms with Gasteiger partial charge in [-0.3, -0.25) is 14.6 Å². The van der Waals surface area contributed by atoms with E-state index in [4.69, 9.17) is 0 Å². The second kappa shape index (κ2) is 7.29. The molecule has 0 atom stereocenters. The minimum absolute atomic E-state index is 0.115. The van der Waals surface area contributed by atoms with Crippen LogP contribution in [0.15, 0.2) is 30.5 Å². The standard InChI is InChI=1S/C18H22N6O/c1-4-24-13(3)15(11-20-24)18(25)19-10-9-16-21-17(23-22-16)14-7-5-12(2)6-8-14/h5-8,11H,4,9-10H2,1-3H3,(H,19,25)(H,21,22,23). The van der Waals surface area contributed by atoms with E-state index in [2.05, 4.69) is 25.6 Å². The highest BCUT2D eigenvalue weighted by atomic mass is 16.1. The zero-order valence-electron chi connectivity index (χ0n) is 14.7. The minimum atomic E-state index is -0.115. The van der Waals surface area contributed by atoms with Gasteiger partial charge in [-0.1, -0.05) is 29.8 Å². The minimum Gasteiger partial charge on any atom is -0.351 e. The maximum Gasteiger partial charge on any atom is 0.254 e. The summed E-state index contributed by atoms with van der Waals surface area (Å²) in [6.45, 7) is 7.17. The Bertz CT molecular complexity index is 862. The molecular formula is C18H22N6O. The molecule has 2 aromatic heterocycles. The number of nitrogens with one attached hydrogen (secondary N) is 2. The second-order valence-corrected chi connectivity index (χ2v) is 5.94. The molecule has 7 heteroatoms. The zero-order chi connectivity index (χ0) is 17.8. The summed E-state index contributed by atoms with van der Waals surface area (Å²) in [6, 6.07) is 8.06. The first-order chi connectivity index (χ1) is 12.1. The van der Waals surface area contributed by atoms with Crippen molar-refractivity contribution < 1.29 is 4.79 Å². The van der Waals surface area contributed by atoms with E-state index >= 15 is 0 Å². The number of nitrogens with zero attached hydrogens (tertiary/aromatic N) is 4. The first-order valence-electron chi connectivity index (χ1n) is 8.37. The molecule has 0 saturated heterocycles. The molecule has 0 fully saturated rings. The third-order valence-corrected chi connectivity index (χ3v) is 4.14. The van der Waals surface area contributed by atoms with Crippen LogP contribution in [-0.2, 0) is 13.0 Å². The highest BCUT2D eigenvalue weighted by Gasteiger charge is 2.13. The highest BCUT2D eigenvalue weighted by molar-refractivity contribution is 5.95. The number of hydrogen-bond acceptors (Lipinski definition) is 4. The van der Waals surface area contributed by atoms with Crippen molar-refractivity contribution in [3.05, 3.63) is 53.1 Å². The third kappa shape index (κ3) is 3.76. The maximum atomic E-state index is 12.2. The number of carbonyl (C=O) groups excluding carboxylic acids is 1. The van der Waals surface area contributed by atoms with Gasteiger partial charge in [-0.2, -0.15) is 10.2 Å². The Kier molecular flexibility index (Phi) is 4.92. The van der Waals surface area contributed by atoms with Crippen LogP contribution < -0.4 is 5.32 Å². The summed E-state index contributed by atoms with van der Waals surface area (Å²) in [5.74, 6) is 1.30. The van der Waals surface area contributed by atoms with Crippen LogP contribution in [0.25, 0.3) is 11.4 Å². The molecule has 0 radical (unpaired) electrons. The summed E-state index contributed by atoms with van der Waals surface area (Å²) in [5, 5.41) is 14.3. The number of carbonyl (C=O) groups is 1. The molecule has 1 amide bonds. The SMILES string of the molecule is CCn1ncc(C(=O)NCCc2nc(-c3ccc(C)cc3)n[nH]2)c1C. The van der Waals surface area contributed by atoms with Crippen molar-refractivity contribution in [2.24, 2.45) is 0 Å². The van der Waals surface area contributed by atoms with E-state index in [0.29, 0.717) is 24.4 Å². The smallest absolute Gasteiger partial charge is 0.254 e. The van der Waals surface area contributed by atoms with Gasteiger partial charge < -0.3 is 5.32 Å². The molecule has 0 saturated carbocycles. The fraction of sp³-hybridized carbons (Fsp3) is 0.333. The summed E-state index contributed by atoms with van der Waals surface area (Å²) in [5.41, 5.74) is 3.66. The van der Waals surface area contributed by atoms with E-state index in [0.717, 1.165) is 23.6 Å². The van der Waals surface area contributed by atoms with Crippen molar-refractivity contribution in [2.75, 3.05) is 6.54 Å². The summed E-state index contributed by atoms with van der Waals surface area (Å²) >= 11 is 0. The lowest BCUT2D eigenvalue weighted by Crippen LogP contribution is -2.26. The fourth-order valence-electron chi connectivity index (χ4n) is 2.62. The number of aromatic nitrogens is 5. The normalized spacial score (nSPS) is 10.8. The van der Waals surface area contributed by atoms with Crippen molar-refractivity contribution >= 4 is 5.91 Å². The van der Waals surface area contributed by atoms with E-state index < -0.39 is 0 Å². The molecule has 7 nitrogen and oxygen atoms in total. The fourth-order valence-corrected chi connectivity index (χ4v) is 2.62. The van der Waals surface area contributed by atoms with Crippen molar-refractivity contribution in [1.29, 1.82) is 0 Å². The van der Waals surface area contributed by atoms with Gasteiger partial charge in [0.1, 0.15) is 5.82 Å². The molecule has 0 aliphatic carbocycles. The van der Waals surface area contributed by atoms with Gasteiger partial charge in [0.15, 0.2) is 5.82 Å². The Labute approximate surface area is 146 Å². The Morgan fingerprint density at radius 3 is 2.68 bits per heavy atom. The molecule has 3 aromatic rings. The van der Waals surface area contributed by atoms with Crippen LogP contribution >= 0.6 is 0 Å². The van der Waals surface area contributed by atoms with Gasteiger partial charge in [0.05, 0.1) is 11.8 Å². The average Bonchev–Trinajstić information content (AvgIpc) is 3.22. The van der Waals surface area contributed by atoms with Crippen LogP contribution in [0, 0.1) is 13.8 Å². The molecular weight excluding hydrogens is 316 g/mol. The lowest BCUT2D eigenvalue weighted by atomic mass is 10.1. The van der Waals surface area contributed by atoms with Gasteiger partial charge in [0, 0.05) is 30.8 Å². The van der Waals surface area contributed by atoms with Crippen molar-refractivity contribution in [1.82, 2.24) is 30.3 Å². The largest absolute Gasteiger partial charge is 0.351 e. The van der Waals surface area contributed by atoms with Gasteiger partial charge in [0.25, 0.3) is 5.91 Å². The number of H-pyrrole nitrogens is 1. The number of aromatic amines is 1. The Hall–Kier alpha value is -2.96.